The van der Waals surface area contributed by atoms with Gasteiger partial charge in [0.25, 0.3) is 0 Å². The monoisotopic (exact) mass is 262 g/mol. The summed E-state index contributed by atoms with van der Waals surface area (Å²) in [5.74, 6) is 2.00. The van der Waals surface area contributed by atoms with Crippen LogP contribution in [0.1, 0.15) is 44.0 Å². The molecule has 0 atom stereocenters. The van der Waals surface area contributed by atoms with E-state index in [2.05, 4.69) is 14.8 Å². The van der Waals surface area contributed by atoms with Crippen LogP contribution in [0.15, 0.2) is 12.1 Å². The van der Waals surface area contributed by atoms with Gasteiger partial charge < -0.3 is 10.3 Å². The molecule has 0 bridgehead atoms. The molecule has 4 nitrogen and oxygen atoms in total. The molecule has 0 aliphatic heterocycles. The maximum absolute atomic E-state index is 5.81. The number of aromatic nitrogens is 3. The van der Waals surface area contributed by atoms with Gasteiger partial charge in [0.1, 0.15) is 5.82 Å². The highest BCUT2D eigenvalue weighted by atomic mass is 32.1. The summed E-state index contributed by atoms with van der Waals surface area (Å²) in [6.07, 6.45) is 6.47. The smallest absolute Gasteiger partial charge is 0.174 e. The Labute approximate surface area is 111 Å². The van der Waals surface area contributed by atoms with Gasteiger partial charge in [-0.2, -0.15) is 0 Å². The molecule has 0 unspecified atom stereocenters. The summed E-state index contributed by atoms with van der Waals surface area (Å²) in [7, 11) is 0. The number of hydrogen-bond donors (Lipinski definition) is 1. The second-order valence-corrected chi connectivity index (χ2v) is 6.05. The Bertz CT molecular complexity index is 537. The second-order valence-electron chi connectivity index (χ2n) is 4.93. The average Bonchev–Trinajstić information content (AvgIpc) is 2.96. The van der Waals surface area contributed by atoms with Crippen LogP contribution in [0.3, 0.4) is 0 Å². The van der Waals surface area contributed by atoms with E-state index in [1.807, 2.05) is 19.1 Å². The molecular weight excluding hydrogens is 244 g/mol. The lowest BCUT2D eigenvalue weighted by Gasteiger charge is -2.24. The lowest BCUT2D eigenvalue weighted by atomic mass is 9.95. The van der Waals surface area contributed by atoms with Crippen LogP contribution in [0, 0.1) is 6.92 Å². The Balaban J connectivity index is 2.00. The number of hydrogen-bond acceptors (Lipinski definition) is 4. The van der Waals surface area contributed by atoms with Gasteiger partial charge in [-0.1, -0.05) is 19.3 Å². The van der Waals surface area contributed by atoms with Crippen molar-refractivity contribution in [2.24, 2.45) is 0 Å². The molecule has 2 aromatic heterocycles. The van der Waals surface area contributed by atoms with Crippen molar-refractivity contribution in [3.63, 3.8) is 0 Å². The molecule has 1 aliphatic carbocycles. The fourth-order valence-electron chi connectivity index (χ4n) is 2.79. The minimum Gasteiger partial charge on any atom is -0.391 e. The first-order valence-corrected chi connectivity index (χ1v) is 7.34. The minimum absolute atomic E-state index is 0.562. The zero-order valence-corrected chi connectivity index (χ0v) is 11.4. The van der Waals surface area contributed by atoms with E-state index < -0.39 is 0 Å². The molecular formula is C13H18N4S. The Kier molecular flexibility index (Phi) is 3.07. The fourth-order valence-corrected chi connectivity index (χ4v) is 3.54. The fraction of sp³-hybridized carbons (Fsp3) is 0.538. The maximum atomic E-state index is 5.81. The van der Waals surface area contributed by atoms with Crippen molar-refractivity contribution in [2.75, 3.05) is 5.73 Å². The van der Waals surface area contributed by atoms with Crippen LogP contribution in [0.2, 0.25) is 0 Å². The first-order valence-electron chi connectivity index (χ1n) is 6.53. The molecule has 3 rings (SSSR count). The number of nitrogens with zero attached hydrogens (tertiary/aromatic N) is 3. The predicted molar refractivity (Wildman–Crippen MR) is 74.6 cm³/mol. The molecule has 5 heteroatoms. The predicted octanol–water partition coefficient (Wildman–Crippen LogP) is 3.40. The van der Waals surface area contributed by atoms with E-state index in [9.17, 15) is 0 Å². The van der Waals surface area contributed by atoms with Crippen molar-refractivity contribution in [1.82, 2.24) is 14.8 Å². The number of nitrogen functional groups attached to an aromatic ring is 1. The molecule has 2 heterocycles. The van der Waals surface area contributed by atoms with Crippen LogP contribution < -0.4 is 5.73 Å². The van der Waals surface area contributed by atoms with Gasteiger partial charge in [-0.15, -0.1) is 21.5 Å². The summed E-state index contributed by atoms with van der Waals surface area (Å²) in [4.78, 5) is 1.12. The quantitative estimate of drug-likeness (QED) is 0.902. The average molecular weight is 262 g/mol. The molecule has 0 saturated heterocycles. The van der Waals surface area contributed by atoms with E-state index in [0.717, 1.165) is 21.5 Å². The molecule has 96 valence electrons. The minimum atomic E-state index is 0.562. The Hall–Kier alpha value is -1.36. The number of anilines is 1. The van der Waals surface area contributed by atoms with E-state index in [1.54, 1.807) is 11.3 Å². The van der Waals surface area contributed by atoms with Gasteiger partial charge in [0.2, 0.25) is 0 Å². The van der Waals surface area contributed by atoms with Crippen molar-refractivity contribution >= 4 is 16.3 Å². The van der Waals surface area contributed by atoms with Gasteiger partial charge in [0.15, 0.2) is 5.82 Å². The number of rotatable bonds is 2. The van der Waals surface area contributed by atoms with Gasteiger partial charge in [-0.3, -0.25) is 0 Å². The third-order valence-electron chi connectivity index (χ3n) is 3.65. The van der Waals surface area contributed by atoms with E-state index in [0.29, 0.717) is 6.04 Å². The van der Waals surface area contributed by atoms with Crippen LogP contribution in [0.5, 0.6) is 0 Å². The van der Waals surface area contributed by atoms with Crippen molar-refractivity contribution in [1.29, 1.82) is 0 Å². The van der Waals surface area contributed by atoms with Gasteiger partial charge in [-0.05, 0) is 31.9 Å². The number of thiophene rings is 1. The molecule has 1 saturated carbocycles. The summed E-state index contributed by atoms with van der Waals surface area (Å²) in [6.45, 7) is 2.04. The van der Waals surface area contributed by atoms with Gasteiger partial charge in [0.05, 0.1) is 9.88 Å². The standard InChI is InChI=1S/C13H18N4S/c1-9-15-16-13(11-7-8-12(14)18-11)17(9)10-5-3-2-4-6-10/h7-8,10H,2-6,14H2,1H3. The SMILES string of the molecule is Cc1nnc(-c2ccc(N)s2)n1C1CCCCC1. The zero-order valence-electron chi connectivity index (χ0n) is 10.6. The highest BCUT2D eigenvalue weighted by Gasteiger charge is 2.22. The normalized spacial score (nSPS) is 17.2. The lowest BCUT2D eigenvalue weighted by molar-refractivity contribution is 0.350. The number of aryl methyl sites for hydroxylation is 1. The molecule has 0 amide bonds. The van der Waals surface area contributed by atoms with Crippen molar-refractivity contribution in [2.45, 2.75) is 45.1 Å². The third kappa shape index (κ3) is 2.03. The summed E-state index contributed by atoms with van der Waals surface area (Å²) < 4.78 is 2.31. The van der Waals surface area contributed by atoms with E-state index in [4.69, 9.17) is 5.73 Å². The molecule has 0 aromatic carbocycles. The molecule has 18 heavy (non-hydrogen) atoms. The molecule has 1 fully saturated rings. The van der Waals surface area contributed by atoms with Crippen LogP contribution in [-0.4, -0.2) is 14.8 Å². The molecule has 2 N–H and O–H groups in total. The van der Waals surface area contributed by atoms with Crippen molar-refractivity contribution in [3.05, 3.63) is 18.0 Å². The molecule has 0 spiro atoms. The zero-order chi connectivity index (χ0) is 12.5. The highest BCUT2D eigenvalue weighted by molar-refractivity contribution is 7.19. The van der Waals surface area contributed by atoms with Crippen LogP contribution >= 0.6 is 11.3 Å². The van der Waals surface area contributed by atoms with Crippen molar-refractivity contribution in [3.8, 4) is 10.7 Å². The summed E-state index contributed by atoms with van der Waals surface area (Å²) in [5, 5.41) is 9.43. The van der Waals surface area contributed by atoms with Gasteiger partial charge in [-0.25, -0.2) is 0 Å². The van der Waals surface area contributed by atoms with E-state index in [1.165, 1.54) is 32.1 Å². The first kappa shape index (κ1) is 11.7. The summed E-state index contributed by atoms with van der Waals surface area (Å²) >= 11 is 1.59. The van der Waals surface area contributed by atoms with E-state index >= 15 is 0 Å². The molecule has 0 radical (unpaired) electrons. The number of nitrogens with two attached hydrogens (primary N) is 1. The first-order chi connectivity index (χ1) is 8.75. The third-order valence-corrected chi connectivity index (χ3v) is 4.56. The van der Waals surface area contributed by atoms with Gasteiger partial charge >= 0.3 is 0 Å². The molecule has 1 aliphatic rings. The topological polar surface area (TPSA) is 56.7 Å². The van der Waals surface area contributed by atoms with Gasteiger partial charge in [0, 0.05) is 6.04 Å². The molecule has 2 aromatic rings. The highest BCUT2D eigenvalue weighted by Crippen LogP contribution is 2.35. The van der Waals surface area contributed by atoms with Crippen LogP contribution in [-0.2, 0) is 0 Å². The van der Waals surface area contributed by atoms with Crippen LogP contribution in [0.25, 0.3) is 10.7 Å². The second kappa shape index (κ2) is 4.72. The summed E-state index contributed by atoms with van der Waals surface area (Å²) in [5.41, 5.74) is 5.81. The maximum Gasteiger partial charge on any atom is 0.174 e. The van der Waals surface area contributed by atoms with Crippen molar-refractivity contribution < 1.29 is 0 Å². The summed E-state index contributed by atoms with van der Waals surface area (Å²) in [6, 6.07) is 4.55. The van der Waals surface area contributed by atoms with Crippen LogP contribution in [0.4, 0.5) is 5.00 Å². The largest absolute Gasteiger partial charge is 0.391 e. The van der Waals surface area contributed by atoms with E-state index in [-0.39, 0.29) is 0 Å². The Morgan fingerprint density at radius 3 is 2.67 bits per heavy atom. The lowest BCUT2D eigenvalue weighted by Crippen LogP contribution is -2.15. The Morgan fingerprint density at radius 2 is 2.00 bits per heavy atom. The Morgan fingerprint density at radius 1 is 1.22 bits per heavy atom.